The second-order valence-corrected chi connectivity index (χ2v) is 6.32. The minimum Gasteiger partial charge on any atom is -0.298 e. The highest BCUT2D eigenvalue weighted by atomic mass is 35.5. The van der Waals surface area contributed by atoms with Crippen molar-refractivity contribution >= 4 is 23.4 Å². The Bertz CT molecular complexity index is 851. The van der Waals surface area contributed by atoms with E-state index < -0.39 is 0 Å². The van der Waals surface area contributed by atoms with Crippen LogP contribution in [0.3, 0.4) is 0 Å². The fraction of sp³-hybridized carbons (Fsp3) is 0.118. The van der Waals surface area contributed by atoms with Gasteiger partial charge in [0.25, 0.3) is 0 Å². The number of benzene rings is 1. The first kappa shape index (κ1) is 16.7. The first-order chi connectivity index (χ1) is 11.7. The summed E-state index contributed by atoms with van der Waals surface area (Å²) in [5.41, 5.74) is 1.78. The van der Waals surface area contributed by atoms with E-state index >= 15 is 0 Å². The van der Waals surface area contributed by atoms with Crippen LogP contribution >= 0.6 is 23.4 Å². The van der Waals surface area contributed by atoms with Crippen LogP contribution in [0.1, 0.15) is 5.56 Å². The maximum atomic E-state index is 13.1. The third-order valence-corrected chi connectivity index (χ3v) is 4.71. The third-order valence-electron chi connectivity index (χ3n) is 3.34. The second kappa shape index (κ2) is 7.59. The van der Waals surface area contributed by atoms with Crippen LogP contribution in [0.4, 0.5) is 4.39 Å². The molecule has 1 aromatic carbocycles. The standard InChI is InChI=1S/C17H14ClFN4S/c1-2-9-23-16(12-5-7-20-8-6-12)21-22-17(23)24-11-13-3-4-14(19)10-15(13)18/h2-8,10H,1,9,11H2. The topological polar surface area (TPSA) is 43.6 Å². The molecule has 0 aliphatic rings. The van der Waals surface area contributed by atoms with Crippen molar-refractivity contribution in [1.82, 2.24) is 19.7 Å². The van der Waals surface area contributed by atoms with E-state index in [1.54, 1.807) is 24.5 Å². The maximum Gasteiger partial charge on any atom is 0.192 e. The third kappa shape index (κ3) is 3.66. The Morgan fingerprint density at radius 3 is 2.71 bits per heavy atom. The van der Waals surface area contributed by atoms with E-state index in [0.29, 0.717) is 17.3 Å². The molecule has 0 aliphatic carbocycles. The van der Waals surface area contributed by atoms with Crippen LogP contribution in [0, 0.1) is 5.82 Å². The van der Waals surface area contributed by atoms with E-state index in [2.05, 4.69) is 21.8 Å². The highest BCUT2D eigenvalue weighted by Crippen LogP contribution is 2.29. The van der Waals surface area contributed by atoms with Crippen LogP contribution in [0.25, 0.3) is 11.4 Å². The van der Waals surface area contributed by atoms with Crippen LogP contribution < -0.4 is 0 Å². The maximum absolute atomic E-state index is 13.1. The lowest BCUT2D eigenvalue weighted by molar-refractivity contribution is 0.627. The average Bonchev–Trinajstić information content (AvgIpc) is 2.98. The van der Waals surface area contributed by atoms with E-state index in [9.17, 15) is 4.39 Å². The Hall–Kier alpha value is -2.18. The number of nitrogens with zero attached hydrogens (tertiary/aromatic N) is 4. The fourth-order valence-electron chi connectivity index (χ4n) is 2.18. The van der Waals surface area contributed by atoms with E-state index in [1.807, 2.05) is 16.7 Å². The van der Waals surface area contributed by atoms with Crippen molar-refractivity contribution in [3.8, 4) is 11.4 Å². The molecule has 0 saturated carbocycles. The molecule has 3 aromatic rings. The summed E-state index contributed by atoms with van der Waals surface area (Å²) in [6.07, 6.45) is 5.23. The Balaban J connectivity index is 1.85. The minimum atomic E-state index is -0.344. The van der Waals surface area contributed by atoms with Gasteiger partial charge in [0.2, 0.25) is 0 Å². The predicted molar refractivity (Wildman–Crippen MR) is 94.4 cm³/mol. The SMILES string of the molecule is C=CCn1c(SCc2ccc(F)cc2Cl)nnc1-c1ccncc1. The van der Waals surface area contributed by atoms with Crippen molar-refractivity contribution in [3.63, 3.8) is 0 Å². The molecule has 24 heavy (non-hydrogen) atoms. The molecule has 0 bridgehead atoms. The molecule has 0 amide bonds. The molecular weight excluding hydrogens is 347 g/mol. The van der Waals surface area contributed by atoms with Gasteiger partial charge in [-0.05, 0) is 29.8 Å². The zero-order chi connectivity index (χ0) is 16.9. The molecule has 0 aliphatic heterocycles. The number of hydrogen-bond acceptors (Lipinski definition) is 4. The fourth-order valence-corrected chi connectivity index (χ4v) is 3.45. The van der Waals surface area contributed by atoms with E-state index in [0.717, 1.165) is 22.1 Å². The van der Waals surface area contributed by atoms with E-state index in [-0.39, 0.29) is 5.82 Å². The number of halogens is 2. The first-order valence-corrected chi connectivity index (χ1v) is 8.56. The molecule has 0 saturated heterocycles. The number of allylic oxidation sites excluding steroid dienone is 1. The molecular formula is C17H14ClFN4S. The van der Waals surface area contributed by atoms with Gasteiger partial charge in [0, 0.05) is 35.3 Å². The summed E-state index contributed by atoms with van der Waals surface area (Å²) < 4.78 is 15.1. The van der Waals surface area contributed by atoms with Crippen LogP contribution in [0.2, 0.25) is 5.02 Å². The molecule has 3 rings (SSSR count). The van der Waals surface area contributed by atoms with Crippen molar-refractivity contribution in [1.29, 1.82) is 0 Å². The molecule has 0 unspecified atom stereocenters. The van der Waals surface area contributed by atoms with Crippen LogP contribution in [0.15, 0.2) is 60.5 Å². The Kier molecular flexibility index (Phi) is 5.27. The monoisotopic (exact) mass is 360 g/mol. The van der Waals surface area contributed by atoms with Crippen LogP contribution in [-0.4, -0.2) is 19.7 Å². The molecule has 0 fully saturated rings. The zero-order valence-corrected chi connectivity index (χ0v) is 14.3. The molecule has 0 spiro atoms. The lowest BCUT2D eigenvalue weighted by atomic mass is 10.2. The number of rotatable bonds is 6. The normalized spacial score (nSPS) is 10.8. The molecule has 2 heterocycles. The molecule has 2 aromatic heterocycles. The second-order valence-electron chi connectivity index (χ2n) is 4.97. The Morgan fingerprint density at radius 2 is 2.00 bits per heavy atom. The van der Waals surface area contributed by atoms with Gasteiger partial charge in [-0.15, -0.1) is 16.8 Å². The molecule has 122 valence electrons. The van der Waals surface area contributed by atoms with E-state index in [1.165, 1.54) is 23.9 Å². The average molecular weight is 361 g/mol. The summed E-state index contributed by atoms with van der Waals surface area (Å²) in [7, 11) is 0. The summed E-state index contributed by atoms with van der Waals surface area (Å²) in [6, 6.07) is 8.17. The lowest BCUT2D eigenvalue weighted by Crippen LogP contribution is -2.00. The van der Waals surface area contributed by atoms with Gasteiger partial charge in [0.15, 0.2) is 11.0 Å². The van der Waals surface area contributed by atoms with Crippen molar-refractivity contribution in [2.45, 2.75) is 17.5 Å². The summed E-state index contributed by atoms with van der Waals surface area (Å²) in [4.78, 5) is 4.02. The minimum absolute atomic E-state index is 0.344. The Labute approximate surface area is 148 Å². The molecule has 0 atom stereocenters. The van der Waals surface area contributed by atoms with Crippen molar-refractivity contribution in [2.75, 3.05) is 0 Å². The molecule has 4 nitrogen and oxygen atoms in total. The highest BCUT2D eigenvalue weighted by molar-refractivity contribution is 7.98. The van der Waals surface area contributed by atoms with Gasteiger partial charge >= 0.3 is 0 Å². The lowest BCUT2D eigenvalue weighted by Gasteiger charge is -2.08. The van der Waals surface area contributed by atoms with Crippen molar-refractivity contribution in [2.24, 2.45) is 0 Å². The smallest absolute Gasteiger partial charge is 0.192 e. The highest BCUT2D eigenvalue weighted by Gasteiger charge is 2.14. The Morgan fingerprint density at radius 1 is 1.21 bits per heavy atom. The predicted octanol–water partition coefficient (Wildman–Crippen LogP) is 4.61. The largest absolute Gasteiger partial charge is 0.298 e. The zero-order valence-electron chi connectivity index (χ0n) is 12.7. The van der Waals surface area contributed by atoms with Gasteiger partial charge in [-0.25, -0.2) is 4.39 Å². The van der Waals surface area contributed by atoms with Crippen molar-refractivity contribution < 1.29 is 4.39 Å². The molecule has 0 N–H and O–H groups in total. The van der Waals surface area contributed by atoms with Crippen LogP contribution in [0.5, 0.6) is 0 Å². The summed E-state index contributed by atoms with van der Waals surface area (Å²) in [5, 5.41) is 9.70. The van der Waals surface area contributed by atoms with Crippen molar-refractivity contribution in [3.05, 3.63) is 71.8 Å². The van der Waals surface area contributed by atoms with Gasteiger partial charge in [0.05, 0.1) is 0 Å². The summed E-state index contributed by atoms with van der Waals surface area (Å²) >= 11 is 7.57. The van der Waals surface area contributed by atoms with Crippen LogP contribution in [-0.2, 0) is 12.3 Å². The number of aromatic nitrogens is 4. The number of thioether (sulfide) groups is 1. The van der Waals surface area contributed by atoms with Gasteiger partial charge in [-0.1, -0.05) is 35.5 Å². The molecule has 0 radical (unpaired) electrons. The van der Waals surface area contributed by atoms with E-state index in [4.69, 9.17) is 11.6 Å². The van der Waals surface area contributed by atoms with Gasteiger partial charge in [-0.2, -0.15) is 0 Å². The summed E-state index contributed by atoms with van der Waals surface area (Å²) in [5.74, 6) is 0.985. The van der Waals surface area contributed by atoms with Gasteiger partial charge < -0.3 is 0 Å². The number of hydrogen-bond donors (Lipinski definition) is 0. The number of pyridine rings is 1. The molecule has 7 heteroatoms. The van der Waals surface area contributed by atoms with Gasteiger partial charge in [0.1, 0.15) is 5.82 Å². The summed E-state index contributed by atoms with van der Waals surface area (Å²) in [6.45, 7) is 4.38. The van der Waals surface area contributed by atoms with Gasteiger partial charge in [-0.3, -0.25) is 9.55 Å². The first-order valence-electron chi connectivity index (χ1n) is 7.20. The quantitative estimate of drug-likeness (QED) is 0.475.